The fourth-order valence-corrected chi connectivity index (χ4v) is 5.77. The van der Waals surface area contributed by atoms with Crippen molar-refractivity contribution in [3.8, 4) is 5.75 Å². The highest BCUT2D eigenvalue weighted by molar-refractivity contribution is 5.97. The minimum Gasteiger partial charge on any atom is -0.497 e. The average molecular weight is 534 g/mol. The van der Waals surface area contributed by atoms with E-state index in [0.717, 1.165) is 76.0 Å². The maximum absolute atomic E-state index is 12.0. The first-order valence-corrected chi connectivity index (χ1v) is 14.0. The van der Waals surface area contributed by atoms with Crippen molar-refractivity contribution in [2.24, 2.45) is 5.92 Å². The molecule has 3 aromatic carbocycles. The van der Waals surface area contributed by atoms with Crippen LogP contribution in [0.25, 0.3) is 32.7 Å². The van der Waals surface area contributed by atoms with Gasteiger partial charge in [-0.3, -0.25) is 4.98 Å². The second kappa shape index (κ2) is 11.7. The minimum absolute atomic E-state index is 0.497. The van der Waals surface area contributed by atoms with Crippen molar-refractivity contribution in [2.45, 2.75) is 39.3 Å². The van der Waals surface area contributed by atoms with Crippen LogP contribution in [0.5, 0.6) is 5.75 Å². The normalized spacial score (nSPS) is 14.8. The van der Waals surface area contributed by atoms with Crippen LogP contribution in [0, 0.1) is 12.0 Å². The number of fused-ring (bicyclic) bond motifs is 3. The zero-order chi connectivity index (χ0) is 28.3. The van der Waals surface area contributed by atoms with Gasteiger partial charge in [0.2, 0.25) is 0 Å². The monoisotopic (exact) mass is 533 g/mol. The van der Waals surface area contributed by atoms with Crippen LogP contribution in [-0.4, -0.2) is 40.3 Å². The van der Waals surface area contributed by atoms with E-state index in [9.17, 15) is 5.11 Å². The van der Waals surface area contributed by atoms with Crippen molar-refractivity contribution >= 4 is 32.7 Å². The first-order chi connectivity index (χ1) is 19.3. The number of aliphatic hydroxyl groups excluding tert-OH is 1. The van der Waals surface area contributed by atoms with Gasteiger partial charge in [-0.2, -0.15) is 0 Å². The highest BCUT2D eigenvalue weighted by Crippen LogP contribution is 2.39. The number of pyridine rings is 2. The molecule has 0 spiro atoms. The molecule has 0 aliphatic heterocycles. The molecule has 2 aromatic heterocycles. The van der Waals surface area contributed by atoms with E-state index >= 15 is 0 Å². The van der Waals surface area contributed by atoms with Crippen LogP contribution >= 0.6 is 0 Å². The Labute approximate surface area is 237 Å². The lowest BCUT2D eigenvalue weighted by molar-refractivity contribution is -0.914. The summed E-state index contributed by atoms with van der Waals surface area (Å²) < 4.78 is 6.09. The number of hydrogen-bond donors (Lipinski definition) is 1. The second-order valence-electron chi connectivity index (χ2n) is 11.1. The number of ether oxygens (including phenoxy) is 1. The number of aromatic nitrogens is 2. The molecule has 0 aliphatic rings. The van der Waals surface area contributed by atoms with E-state index in [1.54, 1.807) is 13.3 Å². The molecule has 0 fully saturated rings. The molecule has 5 nitrogen and oxygen atoms in total. The van der Waals surface area contributed by atoms with E-state index in [4.69, 9.17) is 9.72 Å². The van der Waals surface area contributed by atoms with Crippen LogP contribution in [0.2, 0.25) is 0 Å². The Bertz CT molecular complexity index is 1590. The zero-order valence-corrected chi connectivity index (χ0v) is 24.0. The van der Waals surface area contributed by atoms with Crippen LogP contribution in [0.15, 0.2) is 91.6 Å². The average Bonchev–Trinajstić information content (AvgIpc) is 2.98. The summed E-state index contributed by atoms with van der Waals surface area (Å²) in [5.41, 5.74) is 4.92. The van der Waals surface area contributed by atoms with Gasteiger partial charge in [-0.25, -0.2) is 4.98 Å². The number of allylic oxidation sites excluding steroid dienone is 1. The van der Waals surface area contributed by atoms with Gasteiger partial charge in [-0.15, -0.1) is 13.5 Å². The first-order valence-electron chi connectivity index (χ1n) is 14.0. The molecule has 0 amide bonds. The van der Waals surface area contributed by atoms with E-state index < -0.39 is 6.10 Å². The van der Waals surface area contributed by atoms with E-state index in [-0.39, 0.29) is 0 Å². The number of para-hydroxylation sites is 2. The molecule has 40 heavy (non-hydrogen) atoms. The molecule has 5 heteroatoms. The molecule has 2 heterocycles. The molecule has 0 bridgehead atoms. The summed E-state index contributed by atoms with van der Waals surface area (Å²) in [7, 11) is 3.92. The molecule has 0 radical (unpaired) electrons. The van der Waals surface area contributed by atoms with Crippen LogP contribution in [0.1, 0.15) is 43.9 Å². The predicted octanol–water partition coefficient (Wildman–Crippen LogP) is 7.78. The van der Waals surface area contributed by atoms with E-state index in [1.807, 2.05) is 42.5 Å². The van der Waals surface area contributed by atoms with Gasteiger partial charge in [-0.05, 0) is 60.7 Å². The number of likely N-dealkylation sites (N-methyl/N-ethyl adjacent to an activating group) is 1. The van der Waals surface area contributed by atoms with Gasteiger partial charge in [0.1, 0.15) is 5.75 Å². The smallest absolute Gasteiger partial charge is 0.119 e. The molecule has 3 atom stereocenters. The highest BCUT2D eigenvalue weighted by Gasteiger charge is 2.28. The van der Waals surface area contributed by atoms with Gasteiger partial charge < -0.3 is 14.3 Å². The molecule has 5 aromatic rings. The standard InChI is InChI=1S/C35H39N3O2/c1-6-11-24(2)19-21-38(4,23-31-27-12-7-9-14-33(27)37-34-15-10-8-13-28(31)34)25(3)35(39)29-18-20-36-32-17-16-26(40-5)22-30(29)32/h6-10,12-18,20,22,24,35,39H,1,11,19,21,23H2,2-5H3/t24-,35+,38?/m1/s1. The topological polar surface area (TPSA) is 55.2 Å². The first kappa shape index (κ1) is 27.8. The Balaban J connectivity index is 1.61. The fraction of sp³-hybridized carbons (Fsp3) is 0.286. The summed E-state index contributed by atoms with van der Waals surface area (Å²) >= 11 is 0. The number of quaternary nitrogens is 1. The predicted molar refractivity (Wildman–Crippen MR) is 165 cm³/mol. The van der Waals surface area contributed by atoms with Gasteiger partial charge >= 0.3 is 0 Å². The largest absolute Gasteiger partial charge is 0.497 e. The molecule has 0 saturated heterocycles. The molecule has 1 unspecified atom stereocenters. The lowest BCUT2D eigenvalue weighted by atomic mass is 9.93. The summed E-state index contributed by atoms with van der Waals surface area (Å²) in [4.78, 5) is 9.49. The van der Waals surface area contributed by atoms with Crippen molar-refractivity contribution in [3.63, 3.8) is 0 Å². The lowest BCUT2D eigenvalue weighted by Crippen LogP contribution is -2.48. The molecule has 0 saturated carbocycles. The Kier molecular flexibility index (Phi) is 8.15. The highest BCUT2D eigenvalue weighted by atomic mass is 16.5. The zero-order valence-electron chi connectivity index (χ0n) is 24.0. The van der Waals surface area contributed by atoms with Crippen LogP contribution in [0.3, 0.4) is 0 Å². The van der Waals surface area contributed by atoms with Gasteiger partial charge in [0, 0.05) is 41.1 Å². The number of methoxy groups -OCH3 is 1. The molecule has 0 aliphatic carbocycles. The minimum atomic E-state index is -0.781. The summed E-state index contributed by atoms with van der Waals surface area (Å²) in [6.45, 7) is 9.95. The molecular formula is C35H39N3O2. The van der Waals surface area contributed by atoms with Crippen LogP contribution < -0.4 is 4.74 Å². The number of benzene rings is 3. The number of nitrogens with zero attached hydrogens (tertiary/aromatic N) is 3. The summed E-state index contributed by atoms with van der Waals surface area (Å²) in [6, 6.07) is 25.5. The van der Waals surface area contributed by atoms with Crippen LogP contribution in [-0.2, 0) is 6.54 Å². The molecular weight excluding hydrogens is 494 g/mol. The summed E-state index contributed by atoms with van der Waals surface area (Å²) in [5.74, 6) is 1.24. The van der Waals surface area contributed by atoms with E-state index in [2.05, 4.69) is 68.9 Å². The van der Waals surface area contributed by atoms with E-state index in [0.29, 0.717) is 10.4 Å². The SMILES string of the molecule is C=CC[C@@H](C)CC[N+](C)(Cc1c2ccccc2nc2ccccc12)[C-](C)[C@H](O)c1ccnc2ccc(OC)cc12. The van der Waals surface area contributed by atoms with Gasteiger partial charge in [-0.1, -0.05) is 55.4 Å². The third-order valence-corrected chi connectivity index (χ3v) is 8.42. The summed E-state index contributed by atoms with van der Waals surface area (Å²) in [5, 5.41) is 15.2. The van der Waals surface area contributed by atoms with Crippen molar-refractivity contribution in [1.29, 1.82) is 0 Å². The quantitative estimate of drug-likeness (QED) is 0.0815. The van der Waals surface area contributed by atoms with Crippen molar-refractivity contribution in [1.82, 2.24) is 9.97 Å². The number of rotatable bonds is 11. The summed E-state index contributed by atoms with van der Waals surface area (Å²) in [6.07, 6.45) is 4.98. The Morgan fingerprint density at radius 1 is 0.975 bits per heavy atom. The van der Waals surface area contributed by atoms with Gasteiger partial charge in [0.15, 0.2) is 0 Å². The van der Waals surface area contributed by atoms with E-state index in [1.165, 1.54) is 5.56 Å². The maximum atomic E-state index is 12.0. The van der Waals surface area contributed by atoms with Gasteiger partial charge in [0.25, 0.3) is 0 Å². The Morgan fingerprint density at radius 2 is 1.65 bits per heavy atom. The van der Waals surface area contributed by atoms with Crippen molar-refractivity contribution in [2.75, 3.05) is 20.7 Å². The number of aliphatic hydroxyl groups is 1. The molecule has 1 N–H and O–H groups in total. The van der Waals surface area contributed by atoms with Crippen molar-refractivity contribution < 1.29 is 14.3 Å². The lowest BCUT2D eigenvalue weighted by Gasteiger charge is -2.53. The third-order valence-electron chi connectivity index (χ3n) is 8.42. The van der Waals surface area contributed by atoms with Crippen molar-refractivity contribution in [3.05, 3.63) is 109 Å². The molecule has 5 rings (SSSR count). The van der Waals surface area contributed by atoms with Crippen LogP contribution in [0.4, 0.5) is 0 Å². The Hall–Kier alpha value is -3.80. The molecule has 206 valence electrons. The fourth-order valence-electron chi connectivity index (χ4n) is 5.77. The third kappa shape index (κ3) is 5.45. The second-order valence-corrected chi connectivity index (χ2v) is 11.1. The number of hydrogen-bond acceptors (Lipinski definition) is 4. The van der Waals surface area contributed by atoms with Gasteiger partial charge in [0.05, 0.1) is 36.7 Å². The Morgan fingerprint density at radius 3 is 2.30 bits per heavy atom. The maximum Gasteiger partial charge on any atom is 0.119 e.